The summed E-state index contributed by atoms with van der Waals surface area (Å²) >= 11 is 0. The van der Waals surface area contributed by atoms with Gasteiger partial charge in [-0.3, -0.25) is 9.69 Å². The average molecular weight is 359 g/mol. The first kappa shape index (κ1) is 15.9. The fourth-order valence-electron chi connectivity index (χ4n) is 3.46. The third-order valence-electron chi connectivity index (χ3n) is 4.81. The third-order valence-corrected chi connectivity index (χ3v) is 4.81. The molecule has 7 heteroatoms. The van der Waals surface area contributed by atoms with E-state index in [0.717, 1.165) is 41.0 Å². The van der Waals surface area contributed by atoms with E-state index >= 15 is 0 Å². The molecule has 27 heavy (non-hydrogen) atoms. The predicted octanol–water partition coefficient (Wildman–Crippen LogP) is 2.53. The molecule has 0 aromatic carbocycles. The minimum absolute atomic E-state index is 0.107. The van der Waals surface area contributed by atoms with Crippen molar-refractivity contribution >= 4 is 11.0 Å². The Morgan fingerprint density at radius 2 is 2.11 bits per heavy atom. The molecule has 134 valence electrons. The molecule has 0 fully saturated rings. The van der Waals surface area contributed by atoms with Gasteiger partial charge in [-0.1, -0.05) is 0 Å². The number of rotatable bonds is 3. The van der Waals surface area contributed by atoms with E-state index < -0.39 is 0 Å². The molecular formula is C20H17N5O2. The number of fused-ring (bicyclic) bond motifs is 2. The van der Waals surface area contributed by atoms with E-state index in [4.69, 9.17) is 4.42 Å². The van der Waals surface area contributed by atoms with Crippen molar-refractivity contribution in [1.29, 1.82) is 0 Å². The van der Waals surface area contributed by atoms with E-state index in [0.29, 0.717) is 24.7 Å². The zero-order chi connectivity index (χ0) is 18.2. The van der Waals surface area contributed by atoms with Gasteiger partial charge in [-0.2, -0.15) is 0 Å². The summed E-state index contributed by atoms with van der Waals surface area (Å²) in [6.45, 7) is 2.05. The van der Waals surface area contributed by atoms with Gasteiger partial charge in [0.2, 0.25) is 0 Å². The fourth-order valence-corrected chi connectivity index (χ4v) is 3.46. The van der Waals surface area contributed by atoms with E-state index in [1.807, 2.05) is 24.3 Å². The van der Waals surface area contributed by atoms with E-state index in [9.17, 15) is 4.79 Å². The van der Waals surface area contributed by atoms with Gasteiger partial charge >= 0.3 is 0 Å². The Balaban J connectivity index is 1.39. The molecule has 4 aromatic heterocycles. The molecule has 0 radical (unpaired) electrons. The Bertz CT molecular complexity index is 1170. The van der Waals surface area contributed by atoms with Crippen molar-refractivity contribution in [2.45, 2.75) is 19.5 Å². The van der Waals surface area contributed by atoms with Gasteiger partial charge in [0.1, 0.15) is 0 Å². The molecule has 4 aromatic rings. The summed E-state index contributed by atoms with van der Waals surface area (Å²) in [5, 5.41) is 1.02. The molecule has 0 aliphatic carbocycles. The minimum atomic E-state index is -0.107. The standard InChI is InChI=1S/C20H17N5O2/c26-20-15-12-25(11-14-6-5-13-3-1-8-21-18(13)22-14)9-7-16(15)23-19(24-20)17-4-2-10-27-17/h1-6,8,10H,7,9,11-12H2,(H,23,24,26). The normalized spacial score (nSPS) is 14.4. The second-order valence-corrected chi connectivity index (χ2v) is 6.63. The van der Waals surface area contributed by atoms with Gasteiger partial charge in [0, 0.05) is 37.6 Å². The van der Waals surface area contributed by atoms with E-state index in [1.165, 1.54) is 0 Å². The largest absolute Gasteiger partial charge is 0.461 e. The van der Waals surface area contributed by atoms with Crippen molar-refractivity contribution < 1.29 is 4.42 Å². The molecule has 0 bridgehead atoms. The number of furan rings is 1. The van der Waals surface area contributed by atoms with E-state index in [1.54, 1.807) is 24.6 Å². The first-order chi connectivity index (χ1) is 13.3. The van der Waals surface area contributed by atoms with Crippen LogP contribution >= 0.6 is 0 Å². The minimum Gasteiger partial charge on any atom is -0.461 e. The highest BCUT2D eigenvalue weighted by atomic mass is 16.3. The topological polar surface area (TPSA) is 87.9 Å². The quantitative estimate of drug-likeness (QED) is 0.605. The molecule has 0 saturated heterocycles. The molecule has 0 saturated carbocycles. The summed E-state index contributed by atoms with van der Waals surface area (Å²) in [5.41, 5.74) is 3.14. The zero-order valence-electron chi connectivity index (χ0n) is 14.6. The van der Waals surface area contributed by atoms with Gasteiger partial charge in [-0.25, -0.2) is 15.0 Å². The number of nitrogens with one attached hydrogen (secondary N) is 1. The van der Waals surface area contributed by atoms with Crippen LogP contribution in [0.4, 0.5) is 0 Å². The monoisotopic (exact) mass is 359 g/mol. The van der Waals surface area contributed by atoms with Crippen LogP contribution in [0.2, 0.25) is 0 Å². The molecule has 1 aliphatic rings. The van der Waals surface area contributed by atoms with Crippen LogP contribution in [0.15, 0.2) is 58.1 Å². The Labute approximate surface area is 154 Å². The Kier molecular flexibility index (Phi) is 3.79. The second kappa shape index (κ2) is 6.44. The van der Waals surface area contributed by atoms with E-state index in [-0.39, 0.29) is 5.56 Å². The lowest BCUT2D eigenvalue weighted by Gasteiger charge is -2.27. The predicted molar refractivity (Wildman–Crippen MR) is 99.9 cm³/mol. The highest BCUT2D eigenvalue weighted by Crippen LogP contribution is 2.20. The van der Waals surface area contributed by atoms with Crippen LogP contribution in [0.3, 0.4) is 0 Å². The Hall–Kier alpha value is -3.32. The molecule has 1 aliphatic heterocycles. The SMILES string of the molecule is O=c1[nH]c(-c2ccco2)nc2c1CN(Cc1ccc3cccnc3n1)CC2. The summed E-state index contributed by atoms with van der Waals surface area (Å²) in [6, 6.07) is 11.5. The molecule has 0 atom stereocenters. The number of pyridine rings is 2. The highest BCUT2D eigenvalue weighted by Gasteiger charge is 2.22. The zero-order valence-corrected chi connectivity index (χ0v) is 14.6. The maximum Gasteiger partial charge on any atom is 0.256 e. The maximum absolute atomic E-state index is 12.6. The molecule has 0 amide bonds. The second-order valence-electron chi connectivity index (χ2n) is 6.63. The van der Waals surface area contributed by atoms with Crippen LogP contribution in [0.25, 0.3) is 22.6 Å². The number of aromatic amines is 1. The van der Waals surface area contributed by atoms with Crippen LogP contribution in [-0.2, 0) is 19.5 Å². The lowest BCUT2D eigenvalue weighted by Crippen LogP contribution is -2.35. The summed E-state index contributed by atoms with van der Waals surface area (Å²) in [7, 11) is 0. The van der Waals surface area contributed by atoms with Gasteiger partial charge in [0.15, 0.2) is 17.2 Å². The number of hydrogen-bond acceptors (Lipinski definition) is 6. The van der Waals surface area contributed by atoms with Crippen LogP contribution in [0, 0.1) is 0 Å². The molecule has 7 nitrogen and oxygen atoms in total. The van der Waals surface area contributed by atoms with Crippen molar-refractivity contribution in [3.8, 4) is 11.6 Å². The van der Waals surface area contributed by atoms with Crippen LogP contribution in [0.1, 0.15) is 17.0 Å². The molecule has 5 rings (SSSR count). The van der Waals surface area contributed by atoms with Gasteiger partial charge < -0.3 is 9.40 Å². The molecule has 1 N–H and O–H groups in total. The van der Waals surface area contributed by atoms with Gasteiger partial charge in [-0.05, 0) is 36.4 Å². The summed E-state index contributed by atoms with van der Waals surface area (Å²) in [4.78, 5) is 31.1. The van der Waals surface area contributed by atoms with Crippen LogP contribution < -0.4 is 5.56 Å². The summed E-state index contributed by atoms with van der Waals surface area (Å²) in [6.07, 6.45) is 4.04. The molecule has 0 spiro atoms. The molecule has 0 unspecified atom stereocenters. The number of aromatic nitrogens is 4. The number of hydrogen-bond donors (Lipinski definition) is 1. The first-order valence-corrected chi connectivity index (χ1v) is 8.85. The maximum atomic E-state index is 12.6. The average Bonchev–Trinajstić information content (AvgIpc) is 3.23. The lowest BCUT2D eigenvalue weighted by molar-refractivity contribution is 0.239. The fraction of sp³-hybridized carbons (Fsp3) is 0.200. The van der Waals surface area contributed by atoms with E-state index in [2.05, 4.69) is 24.8 Å². The van der Waals surface area contributed by atoms with Gasteiger partial charge in [0.25, 0.3) is 5.56 Å². The van der Waals surface area contributed by atoms with Crippen LogP contribution in [-0.4, -0.2) is 31.4 Å². The first-order valence-electron chi connectivity index (χ1n) is 8.85. The van der Waals surface area contributed by atoms with Crippen molar-refractivity contribution in [2.24, 2.45) is 0 Å². The smallest absolute Gasteiger partial charge is 0.256 e. The van der Waals surface area contributed by atoms with Crippen molar-refractivity contribution in [1.82, 2.24) is 24.8 Å². The number of H-pyrrole nitrogens is 1. The highest BCUT2D eigenvalue weighted by molar-refractivity contribution is 5.74. The van der Waals surface area contributed by atoms with Gasteiger partial charge in [-0.15, -0.1) is 0 Å². The molecular weight excluding hydrogens is 342 g/mol. The summed E-state index contributed by atoms with van der Waals surface area (Å²) in [5.74, 6) is 1.06. The van der Waals surface area contributed by atoms with Gasteiger partial charge in [0.05, 0.1) is 23.2 Å². The summed E-state index contributed by atoms with van der Waals surface area (Å²) < 4.78 is 5.34. The van der Waals surface area contributed by atoms with Crippen molar-refractivity contribution in [3.63, 3.8) is 0 Å². The lowest BCUT2D eigenvalue weighted by atomic mass is 10.1. The third kappa shape index (κ3) is 3.02. The Morgan fingerprint density at radius 3 is 3.00 bits per heavy atom. The van der Waals surface area contributed by atoms with Crippen molar-refractivity contribution in [3.05, 3.63) is 76.2 Å². The van der Waals surface area contributed by atoms with Crippen molar-refractivity contribution in [2.75, 3.05) is 6.54 Å². The van der Waals surface area contributed by atoms with Crippen LogP contribution in [0.5, 0.6) is 0 Å². The Morgan fingerprint density at radius 1 is 1.15 bits per heavy atom. The number of nitrogens with zero attached hydrogens (tertiary/aromatic N) is 4. The molecule has 5 heterocycles.